The van der Waals surface area contributed by atoms with Gasteiger partial charge in [0.1, 0.15) is 11.5 Å². The highest BCUT2D eigenvalue weighted by Crippen LogP contribution is 2.24. The van der Waals surface area contributed by atoms with Gasteiger partial charge in [0.2, 0.25) is 0 Å². The van der Waals surface area contributed by atoms with E-state index in [1.165, 1.54) is 0 Å². The van der Waals surface area contributed by atoms with Gasteiger partial charge in [-0.15, -0.1) is 0 Å². The van der Waals surface area contributed by atoms with Gasteiger partial charge in [0, 0.05) is 30.8 Å². The number of likely N-dealkylation sites (N-methyl/N-ethyl adjacent to an activating group) is 1. The Kier molecular flexibility index (Phi) is 5.44. The fraction of sp³-hybridized carbons (Fsp3) is 0.562. The minimum atomic E-state index is 0.0309. The molecule has 0 aliphatic carbocycles. The maximum absolute atomic E-state index is 12.8. The molecule has 1 aliphatic heterocycles. The average molecular weight is 292 g/mol. The zero-order valence-corrected chi connectivity index (χ0v) is 13.0. The number of carbonyl (C=O) groups excluding carboxylic acids is 1. The molecule has 5 nitrogen and oxygen atoms in total. The highest BCUT2D eigenvalue weighted by molar-refractivity contribution is 5.95. The molecule has 1 aromatic rings. The van der Waals surface area contributed by atoms with Crippen LogP contribution < -0.4 is 14.8 Å². The van der Waals surface area contributed by atoms with Crippen LogP contribution in [-0.2, 0) is 0 Å². The van der Waals surface area contributed by atoms with Gasteiger partial charge in [0.25, 0.3) is 5.91 Å². The van der Waals surface area contributed by atoms with Crippen molar-refractivity contribution in [2.75, 3.05) is 33.9 Å². The average Bonchev–Trinajstić information content (AvgIpc) is 2.55. The minimum absolute atomic E-state index is 0.0309. The van der Waals surface area contributed by atoms with E-state index in [0.29, 0.717) is 23.6 Å². The molecule has 116 valence electrons. The second-order valence-electron chi connectivity index (χ2n) is 5.19. The maximum atomic E-state index is 12.8. The van der Waals surface area contributed by atoms with Crippen LogP contribution in [-0.4, -0.2) is 50.7 Å². The van der Waals surface area contributed by atoms with E-state index in [0.717, 1.165) is 25.9 Å². The Morgan fingerprint density at radius 1 is 1.29 bits per heavy atom. The molecule has 0 spiro atoms. The van der Waals surface area contributed by atoms with Gasteiger partial charge in [-0.2, -0.15) is 0 Å². The largest absolute Gasteiger partial charge is 0.497 e. The summed E-state index contributed by atoms with van der Waals surface area (Å²) >= 11 is 0. The van der Waals surface area contributed by atoms with Crippen LogP contribution in [0.4, 0.5) is 0 Å². The third kappa shape index (κ3) is 3.67. The number of hydrogen-bond donors (Lipinski definition) is 1. The second kappa shape index (κ2) is 7.31. The summed E-state index contributed by atoms with van der Waals surface area (Å²) in [5.74, 6) is 1.30. The standard InChI is InChI=1S/C16H24N2O3/c1-4-18(13-6-5-7-17-11-13)16(19)12-8-14(20-2)10-15(9-12)21-3/h8-10,13,17H,4-7,11H2,1-3H3. The van der Waals surface area contributed by atoms with Gasteiger partial charge >= 0.3 is 0 Å². The first-order valence-electron chi connectivity index (χ1n) is 7.44. The van der Waals surface area contributed by atoms with Crippen LogP contribution in [0.2, 0.25) is 0 Å². The van der Waals surface area contributed by atoms with Crippen molar-refractivity contribution in [3.8, 4) is 11.5 Å². The Morgan fingerprint density at radius 3 is 2.43 bits per heavy atom. The molecule has 1 atom stereocenters. The van der Waals surface area contributed by atoms with E-state index < -0.39 is 0 Å². The number of hydrogen-bond acceptors (Lipinski definition) is 4. The summed E-state index contributed by atoms with van der Waals surface area (Å²) in [5, 5.41) is 3.36. The molecular formula is C16H24N2O3. The summed E-state index contributed by atoms with van der Waals surface area (Å²) in [7, 11) is 3.18. The highest BCUT2D eigenvalue weighted by Gasteiger charge is 2.25. The Morgan fingerprint density at radius 2 is 1.95 bits per heavy atom. The van der Waals surface area contributed by atoms with Crippen molar-refractivity contribution in [2.24, 2.45) is 0 Å². The Bertz CT molecular complexity index is 462. The van der Waals surface area contributed by atoms with E-state index in [4.69, 9.17) is 9.47 Å². The number of ether oxygens (including phenoxy) is 2. The lowest BCUT2D eigenvalue weighted by Crippen LogP contribution is -2.48. The van der Waals surface area contributed by atoms with Crippen molar-refractivity contribution < 1.29 is 14.3 Å². The predicted octanol–water partition coefficient (Wildman–Crippen LogP) is 1.92. The molecule has 0 radical (unpaired) electrons. The number of rotatable bonds is 5. The summed E-state index contributed by atoms with van der Waals surface area (Å²) in [6.45, 7) is 4.62. The molecule has 1 aromatic carbocycles. The van der Waals surface area contributed by atoms with Crippen LogP contribution in [0.3, 0.4) is 0 Å². The summed E-state index contributed by atoms with van der Waals surface area (Å²) < 4.78 is 10.5. The number of piperidine rings is 1. The molecule has 2 rings (SSSR count). The second-order valence-corrected chi connectivity index (χ2v) is 5.19. The molecule has 5 heteroatoms. The molecule has 1 fully saturated rings. The Balaban J connectivity index is 2.23. The normalized spacial score (nSPS) is 18.1. The molecule has 1 unspecified atom stereocenters. The number of methoxy groups -OCH3 is 2. The summed E-state index contributed by atoms with van der Waals surface area (Å²) in [6.07, 6.45) is 2.16. The van der Waals surface area contributed by atoms with Gasteiger partial charge in [0.05, 0.1) is 14.2 Å². The van der Waals surface area contributed by atoms with Crippen LogP contribution in [0.15, 0.2) is 18.2 Å². The fourth-order valence-corrected chi connectivity index (χ4v) is 2.76. The highest BCUT2D eigenvalue weighted by atomic mass is 16.5. The number of nitrogens with one attached hydrogen (secondary N) is 1. The number of nitrogens with zero attached hydrogens (tertiary/aromatic N) is 1. The molecule has 1 aliphatic rings. The van der Waals surface area contributed by atoms with Gasteiger partial charge in [-0.25, -0.2) is 0 Å². The minimum Gasteiger partial charge on any atom is -0.497 e. The van der Waals surface area contributed by atoms with E-state index in [1.807, 2.05) is 11.8 Å². The van der Waals surface area contributed by atoms with Crippen molar-refractivity contribution in [2.45, 2.75) is 25.8 Å². The van der Waals surface area contributed by atoms with Crippen LogP contribution in [0.1, 0.15) is 30.1 Å². The number of amides is 1. The lowest BCUT2D eigenvalue weighted by atomic mass is 10.0. The zero-order valence-electron chi connectivity index (χ0n) is 13.0. The fourth-order valence-electron chi connectivity index (χ4n) is 2.76. The van der Waals surface area contributed by atoms with Gasteiger partial charge in [0.15, 0.2) is 0 Å². The smallest absolute Gasteiger partial charge is 0.254 e. The topological polar surface area (TPSA) is 50.8 Å². The summed E-state index contributed by atoms with van der Waals surface area (Å²) in [4.78, 5) is 14.7. The van der Waals surface area contributed by atoms with E-state index >= 15 is 0 Å². The molecule has 1 heterocycles. The van der Waals surface area contributed by atoms with E-state index in [-0.39, 0.29) is 11.9 Å². The van der Waals surface area contributed by atoms with Gasteiger partial charge < -0.3 is 19.7 Å². The predicted molar refractivity (Wildman–Crippen MR) is 82.1 cm³/mol. The van der Waals surface area contributed by atoms with Crippen molar-refractivity contribution in [3.05, 3.63) is 23.8 Å². The lowest BCUT2D eigenvalue weighted by molar-refractivity contribution is 0.0661. The first kappa shape index (κ1) is 15.6. The van der Waals surface area contributed by atoms with Gasteiger partial charge in [-0.1, -0.05) is 0 Å². The first-order valence-corrected chi connectivity index (χ1v) is 7.44. The molecule has 1 N–H and O–H groups in total. The van der Waals surface area contributed by atoms with E-state index in [2.05, 4.69) is 5.32 Å². The molecule has 0 saturated carbocycles. The number of carbonyl (C=O) groups is 1. The molecule has 21 heavy (non-hydrogen) atoms. The quantitative estimate of drug-likeness (QED) is 0.901. The third-order valence-electron chi connectivity index (χ3n) is 3.91. The van der Waals surface area contributed by atoms with E-state index in [1.54, 1.807) is 32.4 Å². The SMILES string of the molecule is CCN(C(=O)c1cc(OC)cc(OC)c1)C1CCCNC1. The van der Waals surface area contributed by atoms with Crippen molar-refractivity contribution in [1.82, 2.24) is 10.2 Å². The molecule has 0 bridgehead atoms. The first-order chi connectivity index (χ1) is 10.2. The monoisotopic (exact) mass is 292 g/mol. The van der Waals surface area contributed by atoms with Crippen LogP contribution in [0.5, 0.6) is 11.5 Å². The lowest BCUT2D eigenvalue weighted by Gasteiger charge is -2.34. The van der Waals surface area contributed by atoms with Gasteiger partial charge in [-0.3, -0.25) is 4.79 Å². The van der Waals surface area contributed by atoms with Crippen molar-refractivity contribution in [1.29, 1.82) is 0 Å². The van der Waals surface area contributed by atoms with Crippen LogP contribution >= 0.6 is 0 Å². The van der Waals surface area contributed by atoms with Crippen molar-refractivity contribution >= 4 is 5.91 Å². The molecule has 0 aromatic heterocycles. The number of benzene rings is 1. The van der Waals surface area contributed by atoms with E-state index in [9.17, 15) is 4.79 Å². The molecular weight excluding hydrogens is 268 g/mol. The summed E-state index contributed by atoms with van der Waals surface area (Å²) in [6, 6.07) is 5.57. The van der Waals surface area contributed by atoms with Gasteiger partial charge in [-0.05, 0) is 38.4 Å². The third-order valence-corrected chi connectivity index (χ3v) is 3.91. The summed E-state index contributed by atoms with van der Waals surface area (Å²) in [5.41, 5.74) is 0.610. The Hall–Kier alpha value is -1.75. The van der Waals surface area contributed by atoms with Crippen LogP contribution in [0, 0.1) is 0 Å². The molecule has 1 amide bonds. The van der Waals surface area contributed by atoms with Crippen molar-refractivity contribution in [3.63, 3.8) is 0 Å². The zero-order chi connectivity index (χ0) is 15.2. The maximum Gasteiger partial charge on any atom is 0.254 e. The van der Waals surface area contributed by atoms with Crippen LogP contribution in [0.25, 0.3) is 0 Å². The Labute approximate surface area is 126 Å². The molecule has 1 saturated heterocycles.